The molecule has 0 bridgehead atoms. The highest BCUT2D eigenvalue weighted by Gasteiger charge is 2.17. The maximum Gasteiger partial charge on any atom is 0.213 e. The van der Waals surface area contributed by atoms with E-state index < -0.39 is 0 Å². The molecule has 18 heavy (non-hydrogen) atoms. The van der Waals surface area contributed by atoms with E-state index in [1.54, 1.807) is 22.9 Å². The smallest absolute Gasteiger partial charge is 0.213 e. The minimum atomic E-state index is -0.0850. The van der Waals surface area contributed by atoms with Gasteiger partial charge in [0.2, 0.25) is 5.78 Å². The van der Waals surface area contributed by atoms with Gasteiger partial charge in [-0.15, -0.1) is 5.10 Å². The number of benzene rings is 1. The van der Waals surface area contributed by atoms with Crippen LogP contribution in [0.5, 0.6) is 0 Å². The molecule has 5 nitrogen and oxygen atoms in total. The van der Waals surface area contributed by atoms with E-state index in [0.717, 1.165) is 12.0 Å². The Morgan fingerprint density at radius 3 is 2.94 bits per heavy atom. The zero-order valence-electron chi connectivity index (χ0n) is 10.6. The summed E-state index contributed by atoms with van der Waals surface area (Å²) in [6.07, 6.45) is 2.40. The van der Waals surface area contributed by atoms with Crippen LogP contribution in [0.4, 0.5) is 5.69 Å². The topological polar surface area (TPSA) is 73.8 Å². The molecule has 0 saturated heterocycles. The predicted molar refractivity (Wildman–Crippen MR) is 69.3 cm³/mol. The van der Waals surface area contributed by atoms with Gasteiger partial charge in [0.25, 0.3) is 0 Å². The summed E-state index contributed by atoms with van der Waals surface area (Å²) in [5, 5.41) is 7.72. The molecule has 0 atom stereocenters. The predicted octanol–water partition coefficient (Wildman–Crippen LogP) is 1.81. The third-order valence-corrected chi connectivity index (χ3v) is 2.91. The van der Waals surface area contributed by atoms with E-state index in [0.29, 0.717) is 23.5 Å². The van der Waals surface area contributed by atoms with E-state index in [4.69, 9.17) is 5.73 Å². The highest BCUT2D eigenvalue weighted by Crippen LogP contribution is 2.18. The molecule has 0 aliphatic heterocycles. The van der Waals surface area contributed by atoms with Crippen LogP contribution in [0.25, 0.3) is 0 Å². The molecule has 2 rings (SSSR count). The third-order valence-electron chi connectivity index (χ3n) is 2.91. The lowest BCUT2D eigenvalue weighted by Gasteiger charge is -2.08. The second kappa shape index (κ2) is 5.00. The summed E-state index contributed by atoms with van der Waals surface area (Å²) in [6.45, 7) is 4.56. The average Bonchev–Trinajstić information content (AvgIpc) is 2.80. The van der Waals surface area contributed by atoms with Crippen LogP contribution in [0.15, 0.2) is 24.4 Å². The van der Waals surface area contributed by atoms with Crippen molar-refractivity contribution >= 4 is 11.5 Å². The molecule has 0 saturated carbocycles. The van der Waals surface area contributed by atoms with Crippen LogP contribution in [-0.2, 0) is 6.54 Å². The Kier molecular flexibility index (Phi) is 3.41. The van der Waals surface area contributed by atoms with Crippen LogP contribution in [0.2, 0.25) is 0 Å². The fourth-order valence-corrected chi connectivity index (χ4v) is 1.85. The highest BCUT2D eigenvalue weighted by molar-refractivity contribution is 6.09. The molecule has 2 N–H and O–H groups in total. The van der Waals surface area contributed by atoms with Crippen molar-refractivity contribution in [3.63, 3.8) is 0 Å². The van der Waals surface area contributed by atoms with Crippen molar-refractivity contribution in [2.75, 3.05) is 5.73 Å². The maximum absolute atomic E-state index is 12.4. The molecule has 0 amide bonds. The number of rotatable bonds is 4. The number of carbonyl (C=O) groups is 1. The summed E-state index contributed by atoms with van der Waals surface area (Å²) in [7, 11) is 0. The van der Waals surface area contributed by atoms with Gasteiger partial charge in [0.1, 0.15) is 5.69 Å². The summed E-state index contributed by atoms with van der Waals surface area (Å²) in [5.74, 6) is -0.0850. The number of nitrogens with two attached hydrogens (primary N) is 1. The molecule has 2 aromatic rings. The molecule has 0 aliphatic rings. The molecule has 0 fully saturated rings. The molecule has 94 valence electrons. The van der Waals surface area contributed by atoms with E-state index in [-0.39, 0.29) is 5.78 Å². The van der Waals surface area contributed by atoms with Crippen molar-refractivity contribution in [1.29, 1.82) is 0 Å². The fraction of sp³-hybridized carbons (Fsp3) is 0.308. The van der Waals surface area contributed by atoms with Crippen LogP contribution in [0.3, 0.4) is 0 Å². The molecule has 1 aromatic carbocycles. The minimum Gasteiger partial charge on any atom is -0.398 e. The van der Waals surface area contributed by atoms with Gasteiger partial charge in [-0.3, -0.25) is 4.79 Å². The number of hydrogen-bond donors (Lipinski definition) is 1. The Labute approximate surface area is 106 Å². The summed E-state index contributed by atoms with van der Waals surface area (Å²) in [4.78, 5) is 12.4. The molecule has 0 radical (unpaired) electrons. The number of anilines is 1. The Balaban J connectivity index is 2.42. The monoisotopic (exact) mass is 244 g/mol. The summed E-state index contributed by atoms with van der Waals surface area (Å²) >= 11 is 0. The molecular weight excluding hydrogens is 228 g/mol. The molecule has 0 spiro atoms. The van der Waals surface area contributed by atoms with Gasteiger partial charge in [-0.05, 0) is 25.0 Å². The summed E-state index contributed by atoms with van der Waals surface area (Å²) in [6, 6.07) is 5.34. The van der Waals surface area contributed by atoms with Gasteiger partial charge in [-0.25, -0.2) is 4.68 Å². The van der Waals surface area contributed by atoms with Gasteiger partial charge in [0.15, 0.2) is 0 Å². The van der Waals surface area contributed by atoms with E-state index in [1.807, 2.05) is 13.8 Å². The summed E-state index contributed by atoms with van der Waals surface area (Å²) < 4.78 is 1.63. The molecule has 0 aliphatic carbocycles. The van der Waals surface area contributed by atoms with Gasteiger partial charge in [-0.1, -0.05) is 24.3 Å². The first kappa shape index (κ1) is 12.3. The molecular formula is C13H16N4O. The Morgan fingerprint density at radius 2 is 2.22 bits per heavy atom. The first-order chi connectivity index (χ1) is 8.65. The second-order valence-electron chi connectivity index (χ2n) is 4.19. The molecule has 1 aromatic heterocycles. The first-order valence-electron chi connectivity index (χ1n) is 5.93. The quantitative estimate of drug-likeness (QED) is 0.657. The third kappa shape index (κ3) is 2.11. The van der Waals surface area contributed by atoms with E-state index in [9.17, 15) is 4.79 Å². The fourth-order valence-electron chi connectivity index (χ4n) is 1.85. The lowest BCUT2D eigenvalue weighted by molar-refractivity contribution is 0.102. The van der Waals surface area contributed by atoms with E-state index >= 15 is 0 Å². The van der Waals surface area contributed by atoms with E-state index in [2.05, 4.69) is 10.3 Å². The van der Waals surface area contributed by atoms with Gasteiger partial charge in [0, 0.05) is 17.8 Å². The van der Waals surface area contributed by atoms with Crippen LogP contribution in [0.1, 0.15) is 35.0 Å². The number of nitrogens with zero attached hydrogens (tertiary/aromatic N) is 3. The normalized spacial score (nSPS) is 10.6. The molecule has 5 heteroatoms. The van der Waals surface area contributed by atoms with Crippen LogP contribution in [0, 0.1) is 6.92 Å². The summed E-state index contributed by atoms with van der Waals surface area (Å²) in [5.41, 5.74) is 8.35. The van der Waals surface area contributed by atoms with E-state index in [1.165, 1.54) is 6.20 Å². The van der Waals surface area contributed by atoms with Crippen molar-refractivity contribution in [1.82, 2.24) is 15.0 Å². The van der Waals surface area contributed by atoms with Crippen LogP contribution < -0.4 is 5.73 Å². The van der Waals surface area contributed by atoms with Crippen molar-refractivity contribution in [3.05, 3.63) is 41.2 Å². The highest BCUT2D eigenvalue weighted by atomic mass is 16.1. The van der Waals surface area contributed by atoms with Crippen molar-refractivity contribution in [2.24, 2.45) is 0 Å². The number of nitrogen functional groups attached to an aromatic ring is 1. The zero-order valence-corrected chi connectivity index (χ0v) is 10.6. The zero-order chi connectivity index (χ0) is 13.1. The second-order valence-corrected chi connectivity index (χ2v) is 4.19. The number of aromatic nitrogens is 3. The number of aryl methyl sites for hydroxylation is 1. The number of ketones is 1. The minimum absolute atomic E-state index is 0.0850. The van der Waals surface area contributed by atoms with Gasteiger partial charge >= 0.3 is 0 Å². The van der Waals surface area contributed by atoms with Gasteiger partial charge in [-0.2, -0.15) is 0 Å². The maximum atomic E-state index is 12.4. The largest absolute Gasteiger partial charge is 0.398 e. The Morgan fingerprint density at radius 1 is 1.44 bits per heavy atom. The van der Waals surface area contributed by atoms with Crippen molar-refractivity contribution in [3.8, 4) is 0 Å². The standard InChI is InChI=1S/C13H16N4O/c1-3-7-17-12(8-15-16-17)13(18)10-5-4-6-11(14)9(10)2/h4-6,8H,3,7,14H2,1-2H3. The lowest BCUT2D eigenvalue weighted by atomic mass is 10.0. The van der Waals surface area contributed by atoms with Gasteiger partial charge in [0.05, 0.1) is 6.20 Å². The van der Waals surface area contributed by atoms with Crippen LogP contribution >= 0.6 is 0 Å². The molecule has 1 heterocycles. The molecule has 0 unspecified atom stereocenters. The lowest BCUT2D eigenvalue weighted by Crippen LogP contribution is -2.13. The van der Waals surface area contributed by atoms with Crippen molar-refractivity contribution in [2.45, 2.75) is 26.8 Å². The first-order valence-corrected chi connectivity index (χ1v) is 5.93. The van der Waals surface area contributed by atoms with Crippen LogP contribution in [-0.4, -0.2) is 20.8 Å². The SMILES string of the molecule is CCCn1nncc1C(=O)c1cccc(N)c1C. The van der Waals surface area contributed by atoms with Gasteiger partial charge < -0.3 is 5.73 Å². The number of hydrogen-bond acceptors (Lipinski definition) is 4. The Bertz CT molecular complexity index is 574. The Hall–Kier alpha value is -2.17. The average molecular weight is 244 g/mol. The number of carbonyl (C=O) groups excluding carboxylic acids is 1. The van der Waals surface area contributed by atoms with Crippen molar-refractivity contribution < 1.29 is 4.79 Å².